The van der Waals surface area contributed by atoms with E-state index in [1.807, 2.05) is 13.8 Å². The van der Waals surface area contributed by atoms with Gasteiger partial charge in [-0.05, 0) is 12.3 Å². The Kier molecular flexibility index (Phi) is 3.42. The van der Waals surface area contributed by atoms with Crippen LogP contribution in [0.1, 0.15) is 44.9 Å². The van der Waals surface area contributed by atoms with Crippen molar-refractivity contribution in [2.45, 2.75) is 39.7 Å². The predicted octanol–water partition coefficient (Wildman–Crippen LogP) is 1.68. The summed E-state index contributed by atoms with van der Waals surface area (Å²) in [6, 6.07) is -0.141. The van der Waals surface area contributed by atoms with E-state index in [0.717, 1.165) is 18.7 Å². The zero-order valence-electron chi connectivity index (χ0n) is 8.45. The van der Waals surface area contributed by atoms with Crippen LogP contribution in [0.3, 0.4) is 0 Å². The van der Waals surface area contributed by atoms with Gasteiger partial charge in [0.15, 0.2) is 5.82 Å². The lowest BCUT2D eigenvalue weighted by molar-refractivity contribution is 0.322. The fourth-order valence-corrected chi connectivity index (χ4v) is 1.01. The predicted molar refractivity (Wildman–Crippen MR) is 50.1 cm³/mol. The molecule has 1 atom stereocenters. The number of nitrogens with two attached hydrogens (primary N) is 1. The van der Waals surface area contributed by atoms with E-state index in [4.69, 9.17) is 10.3 Å². The molecule has 2 N–H and O–H groups in total. The third-order valence-corrected chi connectivity index (χ3v) is 1.96. The first-order valence-electron chi connectivity index (χ1n) is 4.73. The molecule has 74 valence electrons. The Bertz CT molecular complexity index is 257. The lowest BCUT2D eigenvalue weighted by atomic mass is 10.1. The maximum Gasteiger partial charge on any atom is 0.243 e. The summed E-state index contributed by atoms with van der Waals surface area (Å²) in [6.45, 7) is 6.15. The molecule has 4 heteroatoms. The maximum atomic E-state index is 5.85. The SMILES string of the molecule is CCCc1noc(C(N)C(C)C)n1. The van der Waals surface area contributed by atoms with E-state index in [1.54, 1.807) is 0 Å². The molecule has 1 heterocycles. The van der Waals surface area contributed by atoms with Gasteiger partial charge in [0, 0.05) is 6.42 Å². The molecular weight excluding hydrogens is 166 g/mol. The van der Waals surface area contributed by atoms with Crippen LogP contribution >= 0.6 is 0 Å². The van der Waals surface area contributed by atoms with Gasteiger partial charge in [0.1, 0.15) is 0 Å². The van der Waals surface area contributed by atoms with Gasteiger partial charge in [0.2, 0.25) is 5.89 Å². The van der Waals surface area contributed by atoms with Crippen LogP contribution in [0.15, 0.2) is 4.52 Å². The maximum absolute atomic E-state index is 5.85. The van der Waals surface area contributed by atoms with E-state index in [0.29, 0.717) is 11.8 Å². The van der Waals surface area contributed by atoms with Gasteiger partial charge in [-0.3, -0.25) is 0 Å². The van der Waals surface area contributed by atoms with Crippen molar-refractivity contribution in [1.29, 1.82) is 0 Å². The molecule has 0 saturated carbocycles. The molecule has 0 aliphatic rings. The van der Waals surface area contributed by atoms with Gasteiger partial charge in [-0.1, -0.05) is 25.9 Å². The minimum absolute atomic E-state index is 0.141. The molecule has 13 heavy (non-hydrogen) atoms. The van der Waals surface area contributed by atoms with Crippen molar-refractivity contribution in [2.75, 3.05) is 0 Å². The second-order valence-corrected chi connectivity index (χ2v) is 3.57. The van der Waals surface area contributed by atoms with Crippen molar-refractivity contribution in [3.63, 3.8) is 0 Å². The highest BCUT2D eigenvalue weighted by Crippen LogP contribution is 2.16. The molecule has 0 aliphatic heterocycles. The average Bonchev–Trinajstić information content (AvgIpc) is 2.52. The number of nitrogens with zero attached hydrogens (tertiary/aromatic N) is 2. The van der Waals surface area contributed by atoms with E-state index in [-0.39, 0.29) is 6.04 Å². The zero-order chi connectivity index (χ0) is 9.84. The Hall–Kier alpha value is -0.900. The summed E-state index contributed by atoms with van der Waals surface area (Å²) in [5.74, 6) is 1.64. The topological polar surface area (TPSA) is 64.9 Å². The molecule has 1 rings (SSSR count). The van der Waals surface area contributed by atoms with Crippen LogP contribution in [0, 0.1) is 5.92 Å². The van der Waals surface area contributed by atoms with E-state index in [2.05, 4.69) is 17.1 Å². The van der Waals surface area contributed by atoms with E-state index >= 15 is 0 Å². The molecule has 0 radical (unpaired) electrons. The fraction of sp³-hybridized carbons (Fsp3) is 0.778. The first kappa shape index (κ1) is 10.2. The fourth-order valence-electron chi connectivity index (χ4n) is 1.01. The Balaban J connectivity index is 2.67. The highest BCUT2D eigenvalue weighted by atomic mass is 16.5. The molecule has 1 aromatic heterocycles. The molecule has 1 aromatic rings. The Morgan fingerprint density at radius 2 is 2.15 bits per heavy atom. The molecule has 0 spiro atoms. The van der Waals surface area contributed by atoms with E-state index in [9.17, 15) is 0 Å². The minimum atomic E-state index is -0.141. The van der Waals surface area contributed by atoms with Crippen molar-refractivity contribution in [3.8, 4) is 0 Å². The average molecular weight is 183 g/mol. The summed E-state index contributed by atoms with van der Waals surface area (Å²) in [7, 11) is 0. The zero-order valence-corrected chi connectivity index (χ0v) is 8.45. The quantitative estimate of drug-likeness (QED) is 0.771. The van der Waals surface area contributed by atoms with Crippen molar-refractivity contribution in [2.24, 2.45) is 11.7 Å². The molecule has 0 fully saturated rings. The molecule has 0 saturated heterocycles. The van der Waals surface area contributed by atoms with Crippen molar-refractivity contribution in [3.05, 3.63) is 11.7 Å². The lowest BCUT2D eigenvalue weighted by Gasteiger charge is -2.09. The van der Waals surface area contributed by atoms with Gasteiger partial charge in [0.05, 0.1) is 6.04 Å². The molecule has 4 nitrogen and oxygen atoms in total. The molecule has 0 aliphatic carbocycles. The highest BCUT2D eigenvalue weighted by Gasteiger charge is 2.17. The van der Waals surface area contributed by atoms with Crippen LogP contribution in [0.5, 0.6) is 0 Å². The summed E-state index contributed by atoms with van der Waals surface area (Å²) < 4.78 is 5.05. The second-order valence-electron chi connectivity index (χ2n) is 3.57. The summed E-state index contributed by atoms with van der Waals surface area (Å²) in [5.41, 5.74) is 5.85. The number of aryl methyl sites for hydroxylation is 1. The number of hydrogen-bond acceptors (Lipinski definition) is 4. The minimum Gasteiger partial charge on any atom is -0.338 e. The van der Waals surface area contributed by atoms with Gasteiger partial charge in [0.25, 0.3) is 0 Å². The van der Waals surface area contributed by atoms with Crippen molar-refractivity contribution in [1.82, 2.24) is 10.1 Å². The molecule has 0 amide bonds. The first-order valence-corrected chi connectivity index (χ1v) is 4.73. The molecule has 1 unspecified atom stereocenters. The summed E-state index contributed by atoms with van der Waals surface area (Å²) in [5, 5.41) is 3.84. The van der Waals surface area contributed by atoms with E-state index < -0.39 is 0 Å². The lowest BCUT2D eigenvalue weighted by Crippen LogP contribution is -2.17. The summed E-state index contributed by atoms with van der Waals surface area (Å²) in [4.78, 5) is 4.22. The largest absolute Gasteiger partial charge is 0.338 e. The van der Waals surface area contributed by atoms with Gasteiger partial charge in [-0.15, -0.1) is 0 Å². The Labute approximate surface area is 78.5 Å². The normalized spacial score (nSPS) is 13.6. The number of rotatable bonds is 4. The standard InChI is InChI=1S/C9H17N3O/c1-4-5-7-11-9(13-12-7)8(10)6(2)3/h6,8H,4-5,10H2,1-3H3. The number of aromatic nitrogens is 2. The summed E-state index contributed by atoms with van der Waals surface area (Å²) >= 11 is 0. The Morgan fingerprint density at radius 3 is 2.69 bits per heavy atom. The van der Waals surface area contributed by atoms with Crippen LogP contribution in [-0.2, 0) is 6.42 Å². The van der Waals surface area contributed by atoms with Crippen LogP contribution < -0.4 is 5.73 Å². The van der Waals surface area contributed by atoms with Crippen LogP contribution in [0.2, 0.25) is 0 Å². The first-order chi connectivity index (χ1) is 6.15. The van der Waals surface area contributed by atoms with Crippen LogP contribution in [0.25, 0.3) is 0 Å². The van der Waals surface area contributed by atoms with Crippen molar-refractivity contribution >= 4 is 0 Å². The molecule has 0 aromatic carbocycles. The van der Waals surface area contributed by atoms with Gasteiger partial charge >= 0.3 is 0 Å². The monoisotopic (exact) mass is 183 g/mol. The third kappa shape index (κ3) is 2.52. The van der Waals surface area contributed by atoms with Crippen LogP contribution in [0.4, 0.5) is 0 Å². The smallest absolute Gasteiger partial charge is 0.243 e. The second kappa shape index (κ2) is 4.37. The van der Waals surface area contributed by atoms with Gasteiger partial charge in [-0.2, -0.15) is 4.98 Å². The number of hydrogen-bond donors (Lipinski definition) is 1. The van der Waals surface area contributed by atoms with Crippen LogP contribution in [-0.4, -0.2) is 10.1 Å². The van der Waals surface area contributed by atoms with Gasteiger partial charge in [-0.25, -0.2) is 0 Å². The molecule has 0 bridgehead atoms. The van der Waals surface area contributed by atoms with Crippen molar-refractivity contribution < 1.29 is 4.52 Å². The van der Waals surface area contributed by atoms with E-state index in [1.165, 1.54) is 0 Å². The summed E-state index contributed by atoms with van der Waals surface area (Å²) in [6.07, 6.45) is 1.88. The Morgan fingerprint density at radius 1 is 1.46 bits per heavy atom. The molecular formula is C9H17N3O. The third-order valence-electron chi connectivity index (χ3n) is 1.96. The highest BCUT2D eigenvalue weighted by molar-refractivity contribution is 4.92. The van der Waals surface area contributed by atoms with Gasteiger partial charge < -0.3 is 10.3 Å².